The van der Waals surface area contributed by atoms with E-state index >= 15 is 0 Å². The zero-order valence-corrected chi connectivity index (χ0v) is 10.3. The van der Waals surface area contributed by atoms with Crippen LogP contribution in [0.2, 0.25) is 0 Å². The van der Waals surface area contributed by atoms with Gasteiger partial charge in [0.05, 0.1) is 0 Å². The van der Waals surface area contributed by atoms with Gasteiger partial charge in [-0.15, -0.1) is 0 Å². The van der Waals surface area contributed by atoms with Crippen molar-refractivity contribution in [1.82, 2.24) is 10.6 Å². The van der Waals surface area contributed by atoms with E-state index in [9.17, 15) is 4.79 Å². The molecule has 0 aromatic carbocycles. The highest BCUT2D eigenvalue weighted by Crippen LogP contribution is 2.15. The summed E-state index contributed by atoms with van der Waals surface area (Å²) in [5, 5.41) is 10.3. The van der Waals surface area contributed by atoms with Gasteiger partial charge in [-0.2, -0.15) is 11.3 Å². The number of carbonyl (C=O) groups is 1. The van der Waals surface area contributed by atoms with Crippen molar-refractivity contribution in [2.75, 3.05) is 13.1 Å². The molecular weight excluding hydrogens is 220 g/mol. The molecule has 0 spiro atoms. The average molecular weight is 238 g/mol. The molecule has 0 aliphatic carbocycles. The first-order chi connectivity index (χ1) is 7.77. The van der Waals surface area contributed by atoms with Gasteiger partial charge in [-0.3, -0.25) is 4.79 Å². The second-order valence-corrected chi connectivity index (χ2v) is 5.16. The molecule has 1 saturated heterocycles. The van der Waals surface area contributed by atoms with Gasteiger partial charge in [0, 0.05) is 17.0 Å². The maximum absolute atomic E-state index is 11.8. The van der Waals surface area contributed by atoms with Crippen LogP contribution in [0.3, 0.4) is 0 Å². The lowest BCUT2D eigenvalue weighted by molar-refractivity contribution is 0.0922. The van der Waals surface area contributed by atoms with Crippen molar-refractivity contribution < 1.29 is 4.79 Å². The van der Waals surface area contributed by atoms with E-state index in [0.717, 1.165) is 18.7 Å². The summed E-state index contributed by atoms with van der Waals surface area (Å²) >= 11 is 1.56. The molecule has 1 aliphatic rings. The molecule has 2 unspecified atom stereocenters. The SMILES string of the molecule is CC(NC(=O)c1ccsc1)C1CCCNC1. The summed E-state index contributed by atoms with van der Waals surface area (Å²) in [5.41, 5.74) is 0.778. The zero-order valence-electron chi connectivity index (χ0n) is 9.53. The van der Waals surface area contributed by atoms with Crippen LogP contribution >= 0.6 is 11.3 Å². The lowest BCUT2D eigenvalue weighted by Crippen LogP contribution is -2.44. The normalized spacial score (nSPS) is 22.7. The van der Waals surface area contributed by atoms with Gasteiger partial charge in [-0.25, -0.2) is 0 Å². The summed E-state index contributed by atoms with van der Waals surface area (Å²) in [6.07, 6.45) is 2.42. The standard InChI is InChI=1S/C12H18N2OS/c1-9(10-3-2-5-13-7-10)14-12(15)11-4-6-16-8-11/h4,6,8-10,13H,2-3,5,7H2,1H3,(H,14,15). The van der Waals surface area contributed by atoms with Crippen LogP contribution in [0, 0.1) is 5.92 Å². The van der Waals surface area contributed by atoms with Crippen LogP contribution in [0.1, 0.15) is 30.1 Å². The Morgan fingerprint density at radius 2 is 2.56 bits per heavy atom. The first kappa shape index (κ1) is 11.6. The monoisotopic (exact) mass is 238 g/mol. The average Bonchev–Trinajstić information content (AvgIpc) is 2.83. The number of piperidine rings is 1. The first-order valence-electron chi connectivity index (χ1n) is 5.81. The third kappa shape index (κ3) is 2.83. The van der Waals surface area contributed by atoms with Gasteiger partial charge in [0.15, 0.2) is 0 Å². The van der Waals surface area contributed by atoms with Crippen LogP contribution in [0.4, 0.5) is 0 Å². The first-order valence-corrected chi connectivity index (χ1v) is 6.75. The molecule has 0 radical (unpaired) electrons. The smallest absolute Gasteiger partial charge is 0.252 e. The minimum absolute atomic E-state index is 0.0549. The number of carbonyl (C=O) groups excluding carboxylic acids is 1. The highest BCUT2D eigenvalue weighted by molar-refractivity contribution is 7.08. The largest absolute Gasteiger partial charge is 0.349 e. The number of rotatable bonds is 3. The van der Waals surface area contributed by atoms with Gasteiger partial charge in [-0.05, 0) is 50.2 Å². The van der Waals surface area contributed by atoms with Crippen molar-refractivity contribution in [2.45, 2.75) is 25.8 Å². The van der Waals surface area contributed by atoms with Crippen LogP contribution < -0.4 is 10.6 Å². The third-order valence-corrected chi connectivity index (χ3v) is 3.87. The van der Waals surface area contributed by atoms with E-state index in [4.69, 9.17) is 0 Å². The molecule has 1 aromatic heterocycles. The van der Waals surface area contributed by atoms with E-state index in [-0.39, 0.29) is 11.9 Å². The number of thiophene rings is 1. The van der Waals surface area contributed by atoms with E-state index in [1.165, 1.54) is 12.8 Å². The van der Waals surface area contributed by atoms with Crippen LogP contribution in [0.25, 0.3) is 0 Å². The summed E-state index contributed by atoms with van der Waals surface area (Å²) in [6, 6.07) is 2.12. The molecular formula is C12H18N2OS. The highest BCUT2D eigenvalue weighted by Gasteiger charge is 2.21. The molecule has 1 fully saturated rings. The Morgan fingerprint density at radius 3 is 3.19 bits per heavy atom. The highest BCUT2D eigenvalue weighted by atomic mass is 32.1. The molecule has 2 N–H and O–H groups in total. The number of nitrogens with one attached hydrogen (secondary N) is 2. The molecule has 88 valence electrons. The molecule has 1 amide bonds. The van der Waals surface area contributed by atoms with Crippen LogP contribution in [0.5, 0.6) is 0 Å². The van der Waals surface area contributed by atoms with Gasteiger partial charge >= 0.3 is 0 Å². The van der Waals surface area contributed by atoms with Crippen LogP contribution in [-0.4, -0.2) is 25.0 Å². The van der Waals surface area contributed by atoms with Gasteiger partial charge in [0.2, 0.25) is 0 Å². The number of hydrogen-bond donors (Lipinski definition) is 2. The lowest BCUT2D eigenvalue weighted by atomic mass is 9.93. The third-order valence-electron chi connectivity index (χ3n) is 3.18. The fraction of sp³-hybridized carbons (Fsp3) is 0.583. The van der Waals surface area contributed by atoms with E-state index in [0.29, 0.717) is 5.92 Å². The van der Waals surface area contributed by atoms with Gasteiger partial charge in [0.25, 0.3) is 5.91 Å². The number of hydrogen-bond acceptors (Lipinski definition) is 3. The second kappa shape index (κ2) is 5.46. The summed E-state index contributed by atoms with van der Waals surface area (Å²) in [6.45, 7) is 4.23. The number of amides is 1. The van der Waals surface area contributed by atoms with Gasteiger partial charge < -0.3 is 10.6 Å². The Hall–Kier alpha value is -0.870. The van der Waals surface area contributed by atoms with Crippen molar-refractivity contribution in [1.29, 1.82) is 0 Å². The maximum atomic E-state index is 11.8. The summed E-state index contributed by atoms with van der Waals surface area (Å²) in [4.78, 5) is 11.8. The fourth-order valence-electron chi connectivity index (χ4n) is 2.11. The minimum atomic E-state index is 0.0549. The minimum Gasteiger partial charge on any atom is -0.349 e. The molecule has 1 aromatic rings. The molecule has 1 aliphatic heterocycles. The molecule has 4 heteroatoms. The maximum Gasteiger partial charge on any atom is 0.252 e. The molecule has 0 bridgehead atoms. The van der Waals surface area contributed by atoms with Crippen LogP contribution in [0.15, 0.2) is 16.8 Å². The van der Waals surface area contributed by atoms with Crippen molar-refractivity contribution in [3.8, 4) is 0 Å². The van der Waals surface area contributed by atoms with E-state index < -0.39 is 0 Å². The van der Waals surface area contributed by atoms with Crippen molar-refractivity contribution >= 4 is 17.2 Å². The molecule has 2 atom stereocenters. The Kier molecular flexibility index (Phi) is 3.96. The van der Waals surface area contributed by atoms with Crippen LogP contribution in [-0.2, 0) is 0 Å². The summed E-state index contributed by atoms with van der Waals surface area (Å²) in [7, 11) is 0. The summed E-state index contributed by atoms with van der Waals surface area (Å²) in [5.74, 6) is 0.621. The van der Waals surface area contributed by atoms with E-state index in [1.54, 1.807) is 11.3 Å². The Bertz CT molecular complexity index is 331. The second-order valence-electron chi connectivity index (χ2n) is 4.38. The molecule has 3 nitrogen and oxygen atoms in total. The van der Waals surface area contributed by atoms with Crippen molar-refractivity contribution in [2.24, 2.45) is 5.92 Å². The van der Waals surface area contributed by atoms with Gasteiger partial charge in [-0.1, -0.05) is 0 Å². The predicted molar refractivity (Wildman–Crippen MR) is 66.8 cm³/mol. The predicted octanol–water partition coefficient (Wildman–Crippen LogP) is 1.87. The molecule has 16 heavy (non-hydrogen) atoms. The molecule has 0 saturated carbocycles. The van der Waals surface area contributed by atoms with Crippen molar-refractivity contribution in [3.63, 3.8) is 0 Å². The van der Waals surface area contributed by atoms with E-state index in [2.05, 4.69) is 17.6 Å². The quantitative estimate of drug-likeness (QED) is 0.844. The van der Waals surface area contributed by atoms with Crippen molar-refractivity contribution in [3.05, 3.63) is 22.4 Å². The lowest BCUT2D eigenvalue weighted by Gasteiger charge is -2.28. The zero-order chi connectivity index (χ0) is 11.4. The Morgan fingerprint density at radius 1 is 1.69 bits per heavy atom. The Balaban J connectivity index is 1.86. The summed E-state index contributed by atoms with van der Waals surface area (Å²) < 4.78 is 0. The fourth-order valence-corrected chi connectivity index (χ4v) is 2.74. The molecule has 2 heterocycles. The van der Waals surface area contributed by atoms with Gasteiger partial charge in [0.1, 0.15) is 0 Å². The topological polar surface area (TPSA) is 41.1 Å². The molecule has 2 rings (SSSR count). The Labute approximate surface area is 100 Å². The van der Waals surface area contributed by atoms with E-state index in [1.807, 2.05) is 16.8 Å².